The molecule has 2 saturated heterocycles. The summed E-state index contributed by atoms with van der Waals surface area (Å²) in [7, 11) is 3.44. The summed E-state index contributed by atoms with van der Waals surface area (Å²) in [4.78, 5) is 29.7. The van der Waals surface area contributed by atoms with Gasteiger partial charge in [-0.3, -0.25) is 10.00 Å². The van der Waals surface area contributed by atoms with Crippen molar-refractivity contribution in [3.63, 3.8) is 0 Å². The number of carboxylic acid groups (broad SMARTS) is 1. The predicted molar refractivity (Wildman–Crippen MR) is 103 cm³/mol. The van der Waals surface area contributed by atoms with Gasteiger partial charge in [-0.1, -0.05) is 12.1 Å². The highest BCUT2D eigenvalue weighted by Gasteiger charge is 2.49. The second-order valence-corrected chi connectivity index (χ2v) is 8.02. The summed E-state index contributed by atoms with van der Waals surface area (Å²) in [5.41, 5.74) is 1.54. The molecular weight excluding hydrogens is 377 g/mol. The average Bonchev–Trinajstić information content (AvgIpc) is 3.35. The molecule has 2 aromatic rings. The van der Waals surface area contributed by atoms with E-state index in [0.29, 0.717) is 25.2 Å². The molecule has 0 saturated carbocycles. The summed E-state index contributed by atoms with van der Waals surface area (Å²) in [5.74, 6) is -0.951. The average molecular weight is 401 g/mol. The van der Waals surface area contributed by atoms with E-state index in [1.165, 1.54) is 12.1 Å². The molecule has 2 fully saturated rings. The maximum Gasteiger partial charge on any atom is 0.354 e. The lowest BCUT2D eigenvalue weighted by Gasteiger charge is -2.31. The Kier molecular flexibility index (Phi) is 4.99. The second-order valence-electron chi connectivity index (χ2n) is 8.02. The van der Waals surface area contributed by atoms with Crippen LogP contribution in [-0.2, 0) is 6.54 Å². The van der Waals surface area contributed by atoms with Crippen molar-refractivity contribution in [3.05, 3.63) is 53.1 Å². The number of hydrogen-bond acceptors (Lipinski definition) is 4. The lowest BCUT2D eigenvalue weighted by molar-refractivity contribution is 0.0688. The molecule has 2 aliphatic heterocycles. The van der Waals surface area contributed by atoms with E-state index in [1.807, 2.05) is 11.0 Å². The quantitative estimate of drug-likeness (QED) is 0.818. The predicted octanol–water partition coefficient (Wildman–Crippen LogP) is 2.03. The van der Waals surface area contributed by atoms with E-state index in [1.54, 1.807) is 31.3 Å². The zero-order chi connectivity index (χ0) is 20.7. The van der Waals surface area contributed by atoms with Crippen molar-refractivity contribution in [1.29, 1.82) is 0 Å². The van der Waals surface area contributed by atoms with Gasteiger partial charge in [0.15, 0.2) is 0 Å². The number of nitrogens with zero attached hydrogens (tertiary/aromatic N) is 4. The fraction of sp³-hybridized carbons (Fsp3) is 0.450. The van der Waals surface area contributed by atoms with Crippen LogP contribution in [0, 0.1) is 17.7 Å². The van der Waals surface area contributed by atoms with Crippen molar-refractivity contribution >= 4 is 12.0 Å². The Hall–Kier alpha value is -2.94. The van der Waals surface area contributed by atoms with Crippen LogP contribution in [0.3, 0.4) is 0 Å². The molecule has 0 radical (unpaired) electrons. The molecule has 2 N–H and O–H groups in total. The number of aromatic amines is 1. The van der Waals surface area contributed by atoms with E-state index in [2.05, 4.69) is 15.1 Å². The first kappa shape index (κ1) is 19.4. The van der Waals surface area contributed by atoms with Gasteiger partial charge in [0.25, 0.3) is 0 Å². The Balaban J connectivity index is 1.58. The summed E-state index contributed by atoms with van der Waals surface area (Å²) in [5, 5.41) is 15.7. The molecule has 0 unspecified atom stereocenters. The first-order valence-electron chi connectivity index (χ1n) is 9.56. The van der Waals surface area contributed by atoms with Gasteiger partial charge in [-0.05, 0) is 23.6 Å². The molecule has 1 aromatic carbocycles. The number of benzene rings is 1. The number of aromatic carboxylic acids is 1. The third-order valence-corrected chi connectivity index (χ3v) is 5.88. The lowest BCUT2D eigenvalue weighted by Crippen LogP contribution is -2.41. The second kappa shape index (κ2) is 7.47. The van der Waals surface area contributed by atoms with Crippen LogP contribution in [0.15, 0.2) is 30.5 Å². The Morgan fingerprint density at radius 1 is 1.31 bits per heavy atom. The number of H-pyrrole nitrogens is 1. The summed E-state index contributed by atoms with van der Waals surface area (Å²) in [6.45, 7) is 2.52. The summed E-state index contributed by atoms with van der Waals surface area (Å²) in [6.07, 6.45) is 1.55. The van der Waals surface area contributed by atoms with Gasteiger partial charge in [-0.25, -0.2) is 14.0 Å². The Morgan fingerprint density at radius 2 is 2.10 bits per heavy atom. The molecule has 4 rings (SSSR count). The Bertz CT molecular complexity index is 930. The van der Waals surface area contributed by atoms with E-state index in [-0.39, 0.29) is 35.4 Å². The largest absolute Gasteiger partial charge is 0.477 e. The minimum Gasteiger partial charge on any atom is -0.477 e. The zero-order valence-corrected chi connectivity index (χ0v) is 16.4. The van der Waals surface area contributed by atoms with Crippen molar-refractivity contribution in [2.75, 3.05) is 33.7 Å². The molecule has 3 atom stereocenters. The van der Waals surface area contributed by atoms with Crippen LogP contribution in [0.4, 0.5) is 9.18 Å². The van der Waals surface area contributed by atoms with Crippen molar-refractivity contribution in [1.82, 2.24) is 24.9 Å². The van der Waals surface area contributed by atoms with Gasteiger partial charge < -0.3 is 14.9 Å². The molecular formula is C20H24FN5O3. The number of urea groups is 1. The Labute approximate surface area is 167 Å². The standard InChI is InChI=1S/C20H24FN5O3/c1-24(2)20(29)26-10-14-9-25(8-13-7-22-23-17(13)19(27)28)11-16(14)18(26)12-4-3-5-15(21)6-12/h3-7,14,16,18H,8-11H2,1-2H3,(H,22,23)(H,27,28)/t14-,16-,18+/m1/s1. The van der Waals surface area contributed by atoms with Gasteiger partial charge in [0, 0.05) is 51.8 Å². The molecule has 3 heterocycles. The number of likely N-dealkylation sites (tertiary alicyclic amines) is 2. The molecule has 0 aliphatic carbocycles. The molecule has 2 amide bonds. The zero-order valence-electron chi connectivity index (χ0n) is 16.4. The van der Waals surface area contributed by atoms with E-state index >= 15 is 0 Å². The molecule has 154 valence electrons. The summed E-state index contributed by atoms with van der Waals surface area (Å²) in [6, 6.07) is 6.16. The molecule has 1 aromatic heterocycles. The number of aromatic nitrogens is 2. The van der Waals surface area contributed by atoms with Crippen LogP contribution in [0.2, 0.25) is 0 Å². The maximum absolute atomic E-state index is 13.9. The molecule has 29 heavy (non-hydrogen) atoms. The first-order valence-corrected chi connectivity index (χ1v) is 9.56. The number of hydrogen-bond donors (Lipinski definition) is 2. The van der Waals surface area contributed by atoms with E-state index < -0.39 is 5.97 Å². The number of rotatable bonds is 4. The van der Waals surface area contributed by atoms with Crippen LogP contribution in [-0.4, -0.2) is 75.7 Å². The summed E-state index contributed by atoms with van der Waals surface area (Å²) < 4.78 is 13.9. The van der Waals surface area contributed by atoms with Crippen LogP contribution in [0.1, 0.15) is 27.7 Å². The van der Waals surface area contributed by atoms with Crippen molar-refractivity contribution in [2.24, 2.45) is 11.8 Å². The molecule has 9 heteroatoms. The van der Waals surface area contributed by atoms with Gasteiger partial charge in [-0.2, -0.15) is 5.10 Å². The molecule has 0 bridgehead atoms. The monoisotopic (exact) mass is 401 g/mol. The van der Waals surface area contributed by atoms with Crippen LogP contribution in [0.25, 0.3) is 0 Å². The smallest absolute Gasteiger partial charge is 0.354 e. The maximum atomic E-state index is 13.9. The number of amides is 2. The summed E-state index contributed by atoms with van der Waals surface area (Å²) >= 11 is 0. The van der Waals surface area contributed by atoms with Crippen LogP contribution >= 0.6 is 0 Å². The first-order chi connectivity index (χ1) is 13.8. The molecule has 8 nitrogen and oxygen atoms in total. The van der Waals surface area contributed by atoms with Gasteiger partial charge in [0.1, 0.15) is 11.5 Å². The number of carbonyl (C=O) groups excluding carboxylic acids is 1. The SMILES string of the molecule is CN(C)C(=O)N1C[C@H]2CN(Cc3cn[nH]c3C(=O)O)C[C@H]2[C@@H]1c1cccc(F)c1. The fourth-order valence-corrected chi connectivity index (χ4v) is 4.69. The number of halogens is 1. The highest BCUT2D eigenvalue weighted by Crippen LogP contribution is 2.45. The highest BCUT2D eigenvalue weighted by atomic mass is 19.1. The minimum atomic E-state index is -1.03. The molecule has 2 aliphatic rings. The lowest BCUT2D eigenvalue weighted by atomic mass is 9.89. The number of carboxylic acids is 1. The van der Waals surface area contributed by atoms with E-state index in [9.17, 15) is 19.1 Å². The number of fused-ring (bicyclic) bond motifs is 1. The van der Waals surface area contributed by atoms with E-state index in [4.69, 9.17) is 0 Å². The topological polar surface area (TPSA) is 92.8 Å². The van der Waals surface area contributed by atoms with Crippen molar-refractivity contribution in [2.45, 2.75) is 12.6 Å². The van der Waals surface area contributed by atoms with Crippen molar-refractivity contribution < 1.29 is 19.1 Å². The van der Waals surface area contributed by atoms with Gasteiger partial charge >= 0.3 is 12.0 Å². The van der Waals surface area contributed by atoms with Crippen LogP contribution in [0.5, 0.6) is 0 Å². The number of carbonyl (C=O) groups is 2. The Morgan fingerprint density at radius 3 is 2.79 bits per heavy atom. The van der Waals surface area contributed by atoms with Crippen LogP contribution < -0.4 is 0 Å². The van der Waals surface area contributed by atoms with Gasteiger partial charge in [-0.15, -0.1) is 0 Å². The third kappa shape index (κ3) is 3.57. The fourth-order valence-electron chi connectivity index (χ4n) is 4.69. The normalized spacial score (nSPS) is 24.0. The van der Waals surface area contributed by atoms with Gasteiger partial charge in [0.05, 0.1) is 12.2 Å². The highest BCUT2D eigenvalue weighted by molar-refractivity contribution is 5.86. The minimum absolute atomic E-state index is 0.0804. The van der Waals surface area contributed by atoms with Gasteiger partial charge in [0.2, 0.25) is 0 Å². The third-order valence-electron chi connectivity index (χ3n) is 5.88. The molecule has 0 spiro atoms. The number of nitrogens with one attached hydrogen (secondary N) is 1. The van der Waals surface area contributed by atoms with E-state index in [0.717, 1.165) is 12.1 Å². The van der Waals surface area contributed by atoms with Crippen molar-refractivity contribution in [3.8, 4) is 0 Å².